The molecule has 3 aromatic rings. The van der Waals surface area contributed by atoms with Gasteiger partial charge in [0.2, 0.25) is 0 Å². The Kier molecular flexibility index (Phi) is 5.58. The summed E-state index contributed by atoms with van der Waals surface area (Å²) in [6, 6.07) is 17.6. The molecule has 0 aliphatic carbocycles. The van der Waals surface area contributed by atoms with E-state index in [0.717, 1.165) is 42.6 Å². The van der Waals surface area contributed by atoms with Crippen LogP contribution in [0.5, 0.6) is 0 Å². The number of hydrogen-bond donors (Lipinski definition) is 0. The molecule has 0 aromatic heterocycles. The largest absolute Gasteiger partial charge is 0.305 e. The van der Waals surface area contributed by atoms with E-state index >= 15 is 0 Å². The molecule has 1 aliphatic rings. The molecular formula is C22H22N4O4. The van der Waals surface area contributed by atoms with Gasteiger partial charge in [0.15, 0.2) is 0 Å². The lowest BCUT2D eigenvalue weighted by atomic mass is 10.1. The lowest BCUT2D eigenvalue weighted by molar-refractivity contribution is -0.384. The van der Waals surface area contributed by atoms with Gasteiger partial charge in [-0.05, 0) is 37.0 Å². The fraction of sp³-hybridized carbons (Fsp3) is 0.273. The third-order valence-electron chi connectivity index (χ3n) is 5.51. The highest BCUT2D eigenvalue weighted by molar-refractivity contribution is 5.99. The lowest BCUT2D eigenvalue weighted by Gasteiger charge is -2.41. The Morgan fingerprint density at radius 3 is 2.37 bits per heavy atom. The highest BCUT2D eigenvalue weighted by Gasteiger charge is 2.24. The van der Waals surface area contributed by atoms with Crippen molar-refractivity contribution in [2.45, 2.75) is 19.3 Å². The first-order valence-electron chi connectivity index (χ1n) is 9.96. The van der Waals surface area contributed by atoms with Crippen molar-refractivity contribution in [1.82, 2.24) is 5.01 Å². The maximum Gasteiger partial charge on any atom is 0.277 e. The Hall–Kier alpha value is -3.52. The summed E-state index contributed by atoms with van der Waals surface area (Å²) >= 11 is 0. The average Bonchev–Trinajstić information content (AvgIpc) is 2.77. The van der Waals surface area contributed by atoms with Gasteiger partial charge in [0.1, 0.15) is 0 Å². The van der Waals surface area contributed by atoms with Crippen molar-refractivity contribution in [1.29, 1.82) is 0 Å². The highest BCUT2D eigenvalue weighted by atomic mass is 16.6. The van der Waals surface area contributed by atoms with E-state index in [1.54, 1.807) is 24.3 Å². The zero-order chi connectivity index (χ0) is 21.1. The number of hydrazine groups is 1. The molecule has 1 fully saturated rings. The molecular weight excluding hydrogens is 384 g/mol. The summed E-state index contributed by atoms with van der Waals surface area (Å²) in [6.45, 7) is 2.42. The second-order valence-electron chi connectivity index (χ2n) is 7.37. The summed E-state index contributed by atoms with van der Waals surface area (Å²) in [5, 5.41) is 28.4. The molecule has 30 heavy (non-hydrogen) atoms. The molecule has 4 rings (SSSR count). The van der Waals surface area contributed by atoms with Gasteiger partial charge in [-0.1, -0.05) is 30.3 Å². The predicted molar refractivity (Wildman–Crippen MR) is 116 cm³/mol. The van der Waals surface area contributed by atoms with Gasteiger partial charge in [0, 0.05) is 43.2 Å². The molecule has 8 heteroatoms. The van der Waals surface area contributed by atoms with E-state index in [1.165, 1.54) is 6.07 Å². The van der Waals surface area contributed by atoms with Gasteiger partial charge in [-0.15, -0.1) is 0 Å². The van der Waals surface area contributed by atoms with Gasteiger partial charge in [0.25, 0.3) is 11.4 Å². The lowest BCUT2D eigenvalue weighted by Crippen LogP contribution is -2.48. The van der Waals surface area contributed by atoms with Gasteiger partial charge in [-0.2, -0.15) is 0 Å². The Morgan fingerprint density at radius 2 is 1.60 bits per heavy atom. The normalized spacial score (nSPS) is 14.7. The van der Waals surface area contributed by atoms with E-state index < -0.39 is 0 Å². The molecule has 0 amide bonds. The maximum atomic E-state index is 11.4. The van der Waals surface area contributed by atoms with Crippen molar-refractivity contribution in [2.75, 3.05) is 24.6 Å². The topological polar surface area (TPSA) is 92.8 Å². The summed E-state index contributed by atoms with van der Waals surface area (Å²) in [6.07, 6.45) is 2.79. The number of benzene rings is 3. The smallest absolute Gasteiger partial charge is 0.277 e. The molecule has 0 unspecified atom stereocenters. The second kappa shape index (κ2) is 8.46. The molecule has 1 saturated heterocycles. The number of non-ortho nitro benzene ring substituents is 2. The van der Waals surface area contributed by atoms with Crippen LogP contribution < -0.4 is 5.01 Å². The summed E-state index contributed by atoms with van der Waals surface area (Å²) in [4.78, 5) is 21.8. The van der Waals surface area contributed by atoms with Crippen LogP contribution in [0.1, 0.15) is 18.4 Å². The van der Waals surface area contributed by atoms with E-state index in [-0.39, 0.29) is 21.2 Å². The van der Waals surface area contributed by atoms with Crippen molar-refractivity contribution in [3.8, 4) is 0 Å². The van der Waals surface area contributed by atoms with Crippen molar-refractivity contribution >= 4 is 27.8 Å². The van der Waals surface area contributed by atoms with Gasteiger partial charge in [0.05, 0.1) is 20.9 Å². The molecule has 0 saturated carbocycles. The summed E-state index contributed by atoms with van der Waals surface area (Å²) in [7, 11) is 0. The molecule has 0 spiro atoms. The monoisotopic (exact) mass is 406 g/mol. The molecule has 0 N–H and O–H groups in total. The van der Waals surface area contributed by atoms with Crippen molar-refractivity contribution in [2.24, 2.45) is 0 Å². The van der Waals surface area contributed by atoms with Crippen LogP contribution in [0.4, 0.5) is 17.1 Å². The third kappa shape index (κ3) is 3.95. The van der Waals surface area contributed by atoms with Gasteiger partial charge in [-0.25, -0.2) is 5.01 Å². The minimum Gasteiger partial charge on any atom is -0.305 e. The van der Waals surface area contributed by atoms with Crippen LogP contribution in [0.2, 0.25) is 0 Å². The minimum absolute atomic E-state index is 0.101. The van der Waals surface area contributed by atoms with E-state index in [4.69, 9.17) is 0 Å². The van der Waals surface area contributed by atoms with Crippen molar-refractivity contribution < 1.29 is 9.85 Å². The molecule has 1 aliphatic heterocycles. The molecule has 154 valence electrons. The second-order valence-corrected chi connectivity index (χ2v) is 7.37. The van der Waals surface area contributed by atoms with Crippen LogP contribution in [0, 0.1) is 20.2 Å². The first-order valence-corrected chi connectivity index (χ1v) is 9.96. The minimum atomic E-state index is -0.375. The van der Waals surface area contributed by atoms with Crippen molar-refractivity contribution in [3.05, 3.63) is 86.5 Å². The SMILES string of the molecule is O=[N+]([O-])c1cccc(CCN2CCCCN2c2ccc([N+](=O)[O-])c3ccccc23)c1. The molecule has 0 bridgehead atoms. The summed E-state index contributed by atoms with van der Waals surface area (Å²) in [5.74, 6) is 0. The van der Waals surface area contributed by atoms with E-state index in [1.807, 2.05) is 30.3 Å². The number of nitro benzene ring substituents is 2. The molecule has 0 atom stereocenters. The van der Waals surface area contributed by atoms with Crippen LogP contribution >= 0.6 is 0 Å². The number of fused-ring (bicyclic) bond motifs is 1. The Morgan fingerprint density at radius 1 is 0.833 bits per heavy atom. The van der Waals surface area contributed by atoms with Crippen LogP contribution in [0.15, 0.2) is 60.7 Å². The van der Waals surface area contributed by atoms with E-state index in [9.17, 15) is 20.2 Å². The average molecular weight is 406 g/mol. The van der Waals surface area contributed by atoms with Crippen LogP contribution in [0.3, 0.4) is 0 Å². The summed E-state index contributed by atoms with van der Waals surface area (Å²) in [5.41, 5.74) is 2.08. The number of anilines is 1. The quantitative estimate of drug-likeness (QED) is 0.434. The zero-order valence-electron chi connectivity index (χ0n) is 16.4. The molecule has 1 heterocycles. The number of rotatable bonds is 6. The van der Waals surface area contributed by atoms with Crippen LogP contribution in [-0.4, -0.2) is 34.5 Å². The fourth-order valence-electron chi connectivity index (χ4n) is 4.06. The number of nitrogens with zero attached hydrogens (tertiary/aromatic N) is 4. The molecule has 8 nitrogen and oxygen atoms in total. The van der Waals surface area contributed by atoms with E-state index in [2.05, 4.69) is 10.0 Å². The molecule has 3 aromatic carbocycles. The van der Waals surface area contributed by atoms with Crippen LogP contribution in [-0.2, 0) is 6.42 Å². The Labute approximate surface area is 173 Å². The maximum absolute atomic E-state index is 11.4. The van der Waals surface area contributed by atoms with E-state index in [0.29, 0.717) is 18.4 Å². The fourth-order valence-corrected chi connectivity index (χ4v) is 4.06. The van der Waals surface area contributed by atoms with Crippen LogP contribution in [0.25, 0.3) is 10.8 Å². The molecule has 0 radical (unpaired) electrons. The zero-order valence-corrected chi connectivity index (χ0v) is 16.4. The highest BCUT2D eigenvalue weighted by Crippen LogP contribution is 2.35. The van der Waals surface area contributed by atoms with Gasteiger partial charge >= 0.3 is 0 Å². The number of hydrogen-bond acceptors (Lipinski definition) is 6. The first-order chi connectivity index (χ1) is 14.5. The number of nitro groups is 2. The predicted octanol–water partition coefficient (Wildman–Crippen LogP) is 4.72. The Bertz CT molecular complexity index is 1100. The standard InChI is InChI=1S/C22H22N4O4/c27-25(28)18-7-5-6-17(16-18)12-15-23-13-3-4-14-24(23)21-10-11-22(26(29)30)20-9-2-1-8-19(20)21/h1-2,5-11,16H,3-4,12-15H2. The van der Waals surface area contributed by atoms with Gasteiger partial charge in [-0.3, -0.25) is 20.2 Å². The van der Waals surface area contributed by atoms with Crippen molar-refractivity contribution in [3.63, 3.8) is 0 Å². The third-order valence-corrected chi connectivity index (χ3v) is 5.51. The first kappa shape index (κ1) is 19.8. The van der Waals surface area contributed by atoms with Gasteiger partial charge < -0.3 is 5.01 Å². The summed E-state index contributed by atoms with van der Waals surface area (Å²) < 4.78 is 0. The Balaban J connectivity index is 1.62.